The molecule has 2 rings (SSSR count). The van der Waals surface area contributed by atoms with E-state index in [9.17, 15) is 4.39 Å². The van der Waals surface area contributed by atoms with Crippen molar-refractivity contribution < 1.29 is 9.13 Å². The Morgan fingerprint density at radius 1 is 1.17 bits per heavy atom. The van der Waals surface area contributed by atoms with Gasteiger partial charge in [-0.3, -0.25) is 4.98 Å². The lowest BCUT2D eigenvalue weighted by atomic mass is 10.3. The summed E-state index contributed by atoms with van der Waals surface area (Å²) in [6.45, 7) is 3.11. The molecule has 0 saturated heterocycles. The zero-order valence-corrected chi connectivity index (χ0v) is 10.2. The Morgan fingerprint density at radius 3 is 2.61 bits per heavy atom. The number of halogens is 1. The van der Waals surface area contributed by atoms with Gasteiger partial charge in [0.2, 0.25) is 0 Å². The highest BCUT2D eigenvalue weighted by atomic mass is 19.1. The van der Waals surface area contributed by atoms with E-state index in [0.29, 0.717) is 13.2 Å². The molecule has 0 unspecified atom stereocenters. The van der Waals surface area contributed by atoms with Crippen molar-refractivity contribution in [2.45, 2.75) is 6.92 Å². The number of ether oxygens (including phenoxy) is 1. The lowest BCUT2D eigenvalue weighted by Gasteiger charge is -2.08. The third-order valence-corrected chi connectivity index (χ3v) is 2.43. The van der Waals surface area contributed by atoms with Crippen LogP contribution in [0.1, 0.15) is 5.69 Å². The molecule has 4 heteroatoms. The smallest absolute Gasteiger partial charge is 0.137 e. The van der Waals surface area contributed by atoms with Crippen LogP contribution in [-0.4, -0.2) is 18.1 Å². The average Bonchev–Trinajstić information content (AvgIpc) is 2.39. The molecule has 1 heterocycles. The van der Waals surface area contributed by atoms with E-state index in [-0.39, 0.29) is 5.82 Å². The highest BCUT2D eigenvalue weighted by Crippen LogP contribution is 2.09. The molecule has 0 aliphatic carbocycles. The zero-order chi connectivity index (χ0) is 12.8. The van der Waals surface area contributed by atoms with Crippen molar-refractivity contribution in [2.24, 2.45) is 0 Å². The summed E-state index contributed by atoms with van der Waals surface area (Å²) in [7, 11) is 0. The van der Waals surface area contributed by atoms with Gasteiger partial charge in [0.15, 0.2) is 0 Å². The molecular weight excluding hydrogens is 231 g/mol. The monoisotopic (exact) mass is 246 g/mol. The first-order valence-corrected chi connectivity index (χ1v) is 5.79. The summed E-state index contributed by atoms with van der Waals surface area (Å²) in [5.41, 5.74) is 1.84. The number of benzene rings is 1. The van der Waals surface area contributed by atoms with Gasteiger partial charge in [-0.25, -0.2) is 4.39 Å². The van der Waals surface area contributed by atoms with Crippen LogP contribution in [0.3, 0.4) is 0 Å². The quantitative estimate of drug-likeness (QED) is 0.823. The predicted molar refractivity (Wildman–Crippen MR) is 69.4 cm³/mol. The van der Waals surface area contributed by atoms with E-state index in [2.05, 4.69) is 10.3 Å². The van der Waals surface area contributed by atoms with Crippen LogP contribution < -0.4 is 10.1 Å². The maximum absolute atomic E-state index is 12.7. The standard InChI is InChI=1S/C14H15FN2O/c1-11-2-7-14(10-17-11)18-9-8-16-13-5-3-12(15)4-6-13/h2-7,10,16H,8-9H2,1H3. The Labute approximate surface area is 106 Å². The SMILES string of the molecule is Cc1ccc(OCCNc2ccc(F)cc2)cn1. The summed E-state index contributed by atoms with van der Waals surface area (Å²) < 4.78 is 18.2. The number of anilines is 1. The Hall–Kier alpha value is -2.10. The highest BCUT2D eigenvalue weighted by Gasteiger charge is 1.95. The minimum Gasteiger partial charge on any atom is -0.490 e. The van der Waals surface area contributed by atoms with E-state index in [1.165, 1.54) is 12.1 Å². The van der Waals surface area contributed by atoms with E-state index in [0.717, 1.165) is 17.1 Å². The molecule has 1 aromatic heterocycles. The molecule has 0 saturated carbocycles. The first kappa shape index (κ1) is 12.4. The van der Waals surface area contributed by atoms with Crippen molar-refractivity contribution in [3.63, 3.8) is 0 Å². The molecule has 0 bridgehead atoms. The molecule has 0 atom stereocenters. The summed E-state index contributed by atoms with van der Waals surface area (Å²) in [5.74, 6) is 0.518. The van der Waals surface area contributed by atoms with Crippen molar-refractivity contribution in [2.75, 3.05) is 18.5 Å². The van der Waals surface area contributed by atoms with Crippen LogP contribution in [0.5, 0.6) is 5.75 Å². The molecule has 94 valence electrons. The van der Waals surface area contributed by atoms with Crippen LogP contribution in [-0.2, 0) is 0 Å². The third kappa shape index (κ3) is 3.73. The fourth-order valence-corrected chi connectivity index (χ4v) is 1.47. The van der Waals surface area contributed by atoms with Crippen molar-refractivity contribution in [1.29, 1.82) is 0 Å². The number of pyridine rings is 1. The van der Waals surface area contributed by atoms with E-state index < -0.39 is 0 Å². The van der Waals surface area contributed by atoms with E-state index in [1.54, 1.807) is 18.3 Å². The van der Waals surface area contributed by atoms with Gasteiger partial charge in [-0.1, -0.05) is 0 Å². The zero-order valence-electron chi connectivity index (χ0n) is 10.2. The van der Waals surface area contributed by atoms with Gasteiger partial charge in [-0.2, -0.15) is 0 Å². The number of rotatable bonds is 5. The van der Waals surface area contributed by atoms with E-state index in [1.807, 2.05) is 19.1 Å². The summed E-state index contributed by atoms with van der Waals surface area (Å²) in [6, 6.07) is 10.0. The lowest BCUT2D eigenvalue weighted by molar-refractivity contribution is 0.331. The van der Waals surface area contributed by atoms with Gasteiger partial charge in [0.05, 0.1) is 6.20 Å². The molecule has 3 nitrogen and oxygen atoms in total. The second-order valence-electron chi connectivity index (χ2n) is 3.92. The van der Waals surface area contributed by atoms with Crippen LogP contribution in [0.25, 0.3) is 0 Å². The topological polar surface area (TPSA) is 34.1 Å². The Morgan fingerprint density at radius 2 is 1.94 bits per heavy atom. The summed E-state index contributed by atoms with van der Waals surface area (Å²) in [5, 5.41) is 3.14. The third-order valence-electron chi connectivity index (χ3n) is 2.43. The van der Waals surface area contributed by atoms with Gasteiger partial charge < -0.3 is 10.1 Å². The van der Waals surface area contributed by atoms with Crippen LogP contribution >= 0.6 is 0 Å². The first-order valence-electron chi connectivity index (χ1n) is 5.79. The van der Waals surface area contributed by atoms with Crippen molar-refractivity contribution in [3.05, 3.63) is 54.1 Å². The number of aromatic nitrogens is 1. The molecule has 0 aliphatic rings. The van der Waals surface area contributed by atoms with Gasteiger partial charge in [0.1, 0.15) is 18.2 Å². The van der Waals surface area contributed by atoms with E-state index >= 15 is 0 Å². The molecule has 1 aromatic carbocycles. The largest absolute Gasteiger partial charge is 0.490 e. The summed E-state index contributed by atoms with van der Waals surface area (Å²) in [4.78, 5) is 4.14. The Bertz CT molecular complexity index is 435. The second kappa shape index (κ2) is 6.00. The molecule has 0 radical (unpaired) electrons. The average molecular weight is 246 g/mol. The molecule has 0 spiro atoms. The molecule has 0 fully saturated rings. The Kier molecular flexibility index (Phi) is 4.12. The number of aryl methyl sites for hydroxylation is 1. The fraction of sp³-hybridized carbons (Fsp3) is 0.214. The summed E-state index contributed by atoms with van der Waals surface area (Å²) >= 11 is 0. The molecular formula is C14H15FN2O. The van der Waals surface area contributed by atoms with Crippen LogP contribution in [0.15, 0.2) is 42.6 Å². The van der Waals surface area contributed by atoms with Crippen LogP contribution in [0.4, 0.5) is 10.1 Å². The second-order valence-corrected chi connectivity index (χ2v) is 3.92. The number of nitrogens with one attached hydrogen (secondary N) is 1. The van der Waals surface area contributed by atoms with Crippen LogP contribution in [0, 0.1) is 12.7 Å². The first-order chi connectivity index (χ1) is 8.74. The van der Waals surface area contributed by atoms with Crippen molar-refractivity contribution in [1.82, 2.24) is 4.98 Å². The van der Waals surface area contributed by atoms with E-state index in [4.69, 9.17) is 4.74 Å². The van der Waals surface area contributed by atoms with Crippen LogP contribution in [0.2, 0.25) is 0 Å². The van der Waals surface area contributed by atoms with Crippen molar-refractivity contribution in [3.8, 4) is 5.75 Å². The molecule has 2 aromatic rings. The minimum atomic E-state index is -0.234. The predicted octanol–water partition coefficient (Wildman–Crippen LogP) is 3.02. The number of nitrogens with zero attached hydrogens (tertiary/aromatic N) is 1. The van der Waals surface area contributed by atoms with Gasteiger partial charge in [-0.05, 0) is 43.3 Å². The maximum atomic E-state index is 12.7. The highest BCUT2D eigenvalue weighted by molar-refractivity contribution is 5.42. The van der Waals surface area contributed by atoms with Gasteiger partial charge in [-0.15, -0.1) is 0 Å². The summed E-state index contributed by atoms with van der Waals surface area (Å²) in [6.07, 6.45) is 1.70. The van der Waals surface area contributed by atoms with Gasteiger partial charge in [0.25, 0.3) is 0 Å². The Balaban J connectivity index is 1.73. The van der Waals surface area contributed by atoms with Gasteiger partial charge in [0, 0.05) is 17.9 Å². The fourth-order valence-electron chi connectivity index (χ4n) is 1.47. The minimum absolute atomic E-state index is 0.234. The molecule has 1 N–H and O–H groups in total. The number of hydrogen-bond donors (Lipinski definition) is 1. The molecule has 0 aliphatic heterocycles. The molecule has 0 amide bonds. The maximum Gasteiger partial charge on any atom is 0.137 e. The molecule has 18 heavy (non-hydrogen) atoms. The van der Waals surface area contributed by atoms with Crippen molar-refractivity contribution >= 4 is 5.69 Å². The normalized spacial score (nSPS) is 10.1. The number of hydrogen-bond acceptors (Lipinski definition) is 3. The van der Waals surface area contributed by atoms with Gasteiger partial charge >= 0.3 is 0 Å². The lowest BCUT2D eigenvalue weighted by Crippen LogP contribution is -2.11.